The molecule has 1 radical (unpaired) electrons. The van der Waals surface area contributed by atoms with Crippen molar-refractivity contribution in [2.45, 2.75) is 19.3 Å². The van der Waals surface area contributed by atoms with Crippen molar-refractivity contribution in [1.29, 1.82) is 5.26 Å². The van der Waals surface area contributed by atoms with Gasteiger partial charge in [-0.05, 0) is 18.4 Å². The Morgan fingerprint density at radius 2 is 2.12 bits per heavy atom. The van der Waals surface area contributed by atoms with Gasteiger partial charge in [0.2, 0.25) is 0 Å². The monoisotopic (exact) mass is 216 g/mol. The van der Waals surface area contributed by atoms with Crippen molar-refractivity contribution in [2.24, 2.45) is 5.92 Å². The van der Waals surface area contributed by atoms with Gasteiger partial charge in [0.25, 0.3) is 0 Å². The lowest BCUT2D eigenvalue weighted by atomic mass is 9.94. The number of nitrogens with zero attached hydrogens (tertiary/aromatic N) is 1. The zero-order chi connectivity index (χ0) is 11.8. The van der Waals surface area contributed by atoms with E-state index in [4.69, 9.17) is 10.4 Å². The number of hydrogen-bond donors (Lipinski definition) is 1. The van der Waals surface area contributed by atoms with E-state index in [2.05, 4.69) is 0 Å². The number of carboxylic acid groups (broad SMARTS) is 1. The van der Waals surface area contributed by atoms with Gasteiger partial charge in [-0.2, -0.15) is 5.26 Å². The molecule has 0 saturated carbocycles. The van der Waals surface area contributed by atoms with E-state index in [1.165, 1.54) is 0 Å². The summed E-state index contributed by atoms with van der Waals surface area (Å²) in [5, 5.41) is 17.4. The predicted molar refractivity (Wildman–Crippen MR) is 60.4 cm³/mol. The molecule has 1 aromatic carbocycles. The predicted octanol–water partition coefficient (Wildman–Crippen LogP) is 2.63. The Hall–Kier alpha value is -1.82. The maximum atomic E-state index is 11.0. The first-order valence-corrected chi connectivity index (χ1v) is 5.23. The Morgan fingerprint density at radius 3 is 2.69 bits per heavy atom. The standard InChI is InChI=1S/C13H14NO2/c14-9-5-4-8-12(13(15)16)10-11-6-2-1-3-7-11/h1-3,6-7,10,12H,4-5,8H2,(H,15,16)/t12-/m0/s1. The van der Waals surface area contributed by atoms with E-state index in [-0.39, 0.29) is 0 Å². The average Bonchev–Trinajstić information content (AvgIpc) is 2.29. The maximum absolute atomic E-state index is 11.0. The number of rotatable bonds is 6. The fraction of sp³-hybridized carbons (Fsp3) is 0.308. The van der Waals surface area contributed by atoms with Crippen LogP contribution in [-0.4, -0.2) is 11.1 Å². The molecule has 0 aliphatic heterocycles. The molecule has 0 saturated heterocycles. The molecule has 83 valence electrons. The van der Waals surface area contributed by atoms with Gasteiger partial charge < -0.3 is 5.11 Å². The summed E-state index contributed by atoms with van der Waals surface area (Å²) in [5.74, 6) is -1.34. The first-order valence-electron chi connectivity index (χ1n) is 5.23. The number of aliphatic carboxylic acids is 1. The van der Waals surface area contributed by atoms with Gasteiger partial charge in [-0.3, -0.25) is 4.79 Å². The molecule has 0 aromatic heterocycles. The second-order valence-electron chi connectivity index (χ2n) is 3.57. The van der Waals surface area contributed by atoms with Gasteiger partial charge in [0.1, 0.15) is 0 Å². The van der Waals surface area contributed by atoms with Crippen LogP contribution in [0.15, 0.2) is 30.3 Å². The second kappa shape index (κ2) is 6.62. The van der Waals surface area contributed by atoms with Crippen LogP contribution < -0.4 is 0 Å². The minimum absolute atomic E-state index is 0.409. The normalized spacial score (nSPS) is 11.7. The zero-order valence-electron chi connectivity index (χ0n) is 8.97. The number of hydrogen-bond acceptors (Lipinski definition) is 2. The fourth-order valence-corrected chi connectivity index (χ4v) is 1.48. The van der Waals surface area contributed by atoms with Crippen LogP contribution in [0.4, 0.5) is 0 Å². The summed E-state index contributed by atoms with van der Waals surface area (Å²) in [6.07, 6.45) is 3.28. The smallest absolute Gasteiger partial charge is 0.307 e. The Labute approximate surface area is 95.3 Å². The van der Waals surface area contributed by atoms with E-state index >= 15 is 0 Å². The molecule has 1 aromatic rings. The highest BCUT2D eigenvalue weighted by atomic mass is 16.4. The van der Waals surface area contributed by atoms with E-state index < -0.39 is 11.9 Å². The minimum atomic E-state index is -0.832. The molecule has 0 aliphatic rings. The van der Waals surface area contributed by atoms with Crippen LogP contribution in [-0.2, 0) is 4.79 Å². The van der Waals surface area contributed by atoms with Crippen LogP contribution in [0.1, 0.15) is 24.8 Å². The number of benzene rings is 1. The number of unbranched alkanes of at least 4 members (excludes halogenated alkanes) is 1. The summed E-state index contributed by atoms with van der Waals surface area (Å²) in [7, 11) is 0. The van der Waals surface area contributed by atoms with E-state index in [0.717, 1.165) is 5.56 Å². The third-order valence-electron chi connectivity index (χ3n) is 2.31. The van der Waals surface area contributed by atoms with E-state index in [9.17, 15) is 4.79 Å². The highest BCUT2D eigenvalue weighted by Crippen LogP contribution is 2.17. The quantitative estimate of drug-likeness (QED) is 0.743. The molecule has 16 heavy (non-hydrogen) atoms. The highest BCUT2D eigenvalue weighted by Gasteiger charge is 2.17. The summed E-state index contributed by atoms with van der Waals surface area (Å²) in [6, 6.07) is 11.4. The van der Waals surface area contributed by atoms with Crippen LogP contribution >= 0.6 is 0 Å². The molecule has 0 fully saturated rings. The van der Waals surface area contributed by atoms with Crippen molar-refractivity contribution in [3.8, 4) is 6.07 Å². The van der Waals surface area contributed by atoms with E-state index in [0.29, 0.717) is 19.3 Å². The summed E-state index contributed by atoms with van der Waals surface area (Å²) in [4.78, 5) is 11.0. The number of carboxylic acids is 1. The molecule has 0 amide bonds. The molecule has 0 aliphatic carbocycles. The lowest BCUT2D eigenvalue weighted by molar-refractivity contribution is -0.140. The number of nitriles is 1. The zero-order valence-corrected chi connectivity index (χ0v) is 8.97. The Kier molecular flexibility index (Phi) is 5.07. The molecule has 0 heterocycles. The molecule has 3 heteroatoms. The summed E-state index contributed by atoms with van der Waals surface area (Å²) < 4.78 is 0. The van der Waals surface area contributed by atoms with E-state index in [1.807, 2.05) is 36.4 Å². The lowest BCUT2D eigenvalue weighted by Gasteiger charge is -2.10. The molecule has 3 nitrogen and oxygen atoms in total. The van der Waals surface area contributed by atoms with Gasteiger partial charge in [-0.1, -0.05) is 30.3 Å². The molecule has 0 spiro atoms. The van der Waals surface area contributed by atoms with Gasteiger partial charge in [-0.25, -0.2) is 0 Å². The van der Waals surface area contributed by atoms with Crippen LogP contribution in [0, 0.1) is 23.7 Å². The molecule has 0 bridgehead atoms. The Bertz CT molecular complexity index is 367. The molecular formula is C13H14NO2. The van der Waals surface area contributed by atoms with Crippen LogP contribution in [0.3, 0.4) is 0 Å². The van der Waals surface area contributed by atoms with Gasteiger partial charge in [0.05, 0.1) is 12.0 Å². The summed E-state index contributed by atoms with van der Waals surface area (Å²) >= 11 is 0. The average molecular weight is 216 g/mol. The highest BCUT2D eigenvalue weighted by molar-refractivity contribution is 5.72. The van der Waals surface area contributed by atoms with Crippen LogP contribution in [0.25, 0.3) is 0 Å². The molecule has 0 unspecified atom stereocenters. The largest absolute Gasteiger partial charge is 0.481 e. The van der Waals surface area contributed by atoms with Crippen molar-refractivity contribution in [1.82, 2.24) is 0 Å². The third kappa shape index (κ3) is 4.14. The fourth-order valence-electron chi connectivity index (χ4n) is 1.48. The molecule has 1 rings (SSSR count). The second-order valence-corrected chi connectivity index (χ2v) is 3.57. The van der Waals surface area contributed by atoms with Gasteiger partial charge in [0, 0.05) is 12.8 Å². The summed E-state index contributed by atoms with van der Waals surface area (Å²) in [5.41, 5.74) is 0.909. The summed E-state index contributed by atoms with van der Waals surface area (Å²) in [6.45, 7) is 0. The molecule has 1 N–H and O–H groups in total. The van der Waals surface area contributed by atoms with Gasteiger partial charge >= 0.3 is 5.97 Å². The van der Waals surface area contributed by atoms with Crippen molar-refractivity contribution in [3.05, 3.63) is 42.3 Å². The van der Waals surface area contributed by atoms with Crippen molar-refractivity contribution in [3.63, 3.8) is 0 Å². The topological polar surface area (TPSA) is 61.1 Å². The molecule has 1 atom stereocenters. The first-order chi connectivity index (χ1) is 7.74. The minimum Gasteiger partial charge on any atom is -0.481 e. The third-order valence-corrected chi connectivity index (χ3v) is 2.31. The van der Waals surface area contributed by atoms with Crippen molar-refractivity contribution < 1.29 is 9.90 Å². The van der Waals surface area contributed by atoms with Crippen molar-refractivity contribution >= 4 is 5.97 Å². The first kappa shape index (κ1) is 12.3. The van der Waals surface area contributed by atoms with Crippen LogP contribution in [0.2, 0.25) is 0 Å². The van der Waals surface area contributed by atoms with E-state index in [1.54, 1.807) is 6.42 Å². The Balaban J connectivity index is 2.52. The van der Waals surface area contributed by atoms with Crippen molar-refractivity contribution in [2.75, 3.05) is 0 Å². The van der Waals surface area contributed by atoms with Gasteiger partial charge in [-0.15, -0.1) is 0 Å². The SMILES string of the molecule is N#CCCC[C@@H]([CH]c1ccccc1)C(=O)O. The molecular weight excluding hydrogens is 202 g/mol. The maximum Gasteiger partial charge on any atom is 0.307 e. The lowest BCUT2D eigenvalue weighted by Crippen LogP contribution is -2.14. The van der Waals surface area contributed by atoms with Crippen LogP contribution in [0.5, 0.6) is 0 Å². The van der Waals surface area contributed by atoms with Gasteiger partial charge in [0.15, 0.2) is 0 Å². The Morgan fingerprint density at radius 1 is 1.44 bits per heavy atom. The number of carbonyl (C=O) groups is 1.